The van der Waals surface area contributed by atoms with Gasteiger partial charge in [-0.3, -0.25) is 4.79 Å². The first-order chi connectivity index (χ1) is 18.0. The summed E-state index contributed by atoms with van der Waals surface area (Å²) in [6.45, 7) is 6.07. The lowest BCUT2D eigenvalue weighted by Crippen LogP contribution is -2.41. The Morgan fingerprint density at radius 3 is 2.51 bits per heavy atom. The maximum Gasteiger partial charge on any atom is 0.319 e. The van der Waals surface area contributed by atoms with Crippen LogP contribution in [0.1, 0.15) is 28.5 Å². The highest BCUT2D eigenvalue weighted by atomic mass is 35.5. The van der Waals surface area contributed by atoms with Crippen molar-refractivity contribution in [1.29, 1.82) is 0 Å². The molecule has 0 atom stereocenters. The van der Waals surface area contributed by atoms with Crippen molar-refractivity contribution in [2.24, 2.45) is 0 Å². The number of ether oxygens (including phenoxy) is 1. The first kappa shape index (κ1) is 25.0. The minimum Gasteiger partial charge on any atom is -0.378 e. The Kier molecular flexibility index (Phi) is 7.52. The van der Waals surface area contributed by atoms with Gasteiger partial charge in [0.05, 0.1) is 36.0 Å². The molecule has 3 amide bonds. The van der Waals surface area contributed by atoms with E-state index in [2.05, 4.69) is 15.5 Å². The third-order valence-corrected chi connectivity index (χ3v) is 6.81. The summed E-state index contributed by atoms with van der Waals surface area (Å²) in [5, 5.41) is 5.97. The zero-order chi connectivity index (χ0) is 25.8. The van der Waals surface area contributed by atoms with Crippen LogP contribution < -0.4 is 15.5 Å². The van der Waals surface area contributed by atoms with Gasteiger partial charge in [0, 0.05) is 49.4 Å². The Labute approximate surface area is 220 Å². The van der Waals surface area contributed by atoms with Gasteiger partial charge < -0.3 is 25.2 Å². The Morgan fingerprint density at radius 2 is 1.78 bits per heavy atom. The molecule has 2 aliphatic rings. The van der Waals surface area contributed by atoms with Gasteiger partial charge in [-0.2, -0.15) is 0 Å². The fourth-order valence-corrected chi connectivity index (χ4v) is 4.80. The number of carbonyl (C=O) groups excluding carboxylic acids is 2. The highest BCUT2D eigenvalue weighted by Crippen LogP contribution is 2.31. The molecule has 9 nitrogen and oxygen atoms in total. The van der Waals surface area contributed by atoms with Crippen molar-refractivity contribution < 1.29 is 14.3 Å². The topological polar surface area (TPSA) is 99.7 Å². The van der Waals surface area contributed by atoms with Crippen molar-refractivity contribution in [2.75, 3.05) is 49.6 Å². The first-order valence-corrected chi connectivity index (χ1v) is 12.8. The van der Waals surface area contributed by atoms with Gasteiger partial charge in [-0.15, -0.1) is 0 Å². The summed E-state index contributed by atoms with van der Waals surface area (Å²) in [5.41, 5.74) is 3.95. The molecule has 1 saturated heterocycles. The number of anilines is 2. The zero-order valence-corrected chi connectivity index (χ0v) is 21.4. The predicted octanol–water partition coefficient (Wildman–Crippen LogP) is 3.97. The predicted molar refractivity (Wildman–Crippen MR) is 143 cm³/mol. The second-order valence-electron chi connectivity index (χ2n) is 8.91. The average molecular weight is 521 g/mol. The quantitative estimate of drug-likeness (QED) is 0.528. The third kappa shape index (κ3) is 5.52. The van der Waals surface area contributed by atoms with E-state index in [0.29, 0.717) is 61.4 Å². The zero-order valence-electron chi connectivity index (χ0n) is 20.7. The molecule has 0 unspecified atom stereocenters. The standard InChI is InChI=1S/C27H29ClN6O3/c1-2-29-27(36)30-19-9-7-18(8-10-19)24-31-23-11-12-34(26(35)20-5-3-4-6-22(20)28)17-21(23)25(32-24)33-13-15-37-16-14-33/h3-10H,2,11-17H2,1H3,(H2,29,30,36). The summed E-state index contributed by atoms with van der Waals surface area (Å²) in [6.07, 6.45) is 0.620. The number of rotatable bonds is 5. The molecule has 0 saturated carbocycles. The number of fused-ring (bicyclic) bond motifs is 1. The summed E-state index contributed by atoms with van der Waals surface area (Å²) in [5.74, 6) is 1.36. The maximum absolute atomic E-state index is 13.3. The van der Waals surface area contributed by atoms with Crippen LogP contribution in [0, 0.1) is 0 Å². The number of halogens is 1. The molecule has 1 aromatic heterocycles. The lowest BCUT2D eigenvalue weighted by Gasteiger charge is -2.34. The Bertz CT molecular complexity index is 1290. The number of nitrogens with one attached hydrogen (secondary N) is 2. The first-order valence-electron chi connectivity index (χ1n) is 12.4. The van der Waals surface area contributed by atoms with Crippen molar-refractivity contribution >= 4 is 35.0 Å². The number of urea groups is 1. The molecule has 2 aromatic carbocycles. The van der Waals surface area contributed by atoms with E-state index >= 15 is 0 Å². The van der Waals surface area contributed by atoms with Crippen LogP contribution >= 0.6 is 11.6 Å². The largest absolute Gasteiger partial charge is 0.378 e. The molecule has 0 spiro atoms. The second kappa shape index (κ2) is 11.1. The summed E-state index contributed by atoms with van der Waals surface area (Å²) in [6, 6.07) is 14.4. The van der Waals surface area contributed by atoms with E-state index in [9.17, 15) is 9.59 Å². The summed E-state index contributed by atoms with van der Waals surface area (Å²) in [7, 11) is 0. The van der Waals surface area contributed by atoms with E-state index < -0.39 is 0 Å². The summed E-state index contributed by atoms with van der Waals surface area (Å²) in [4.78, 5) is 39.0. The Balaban J connectivity index is 1.45. The molecule has 10 heteroatoms. The van der Waals surface area contributed by atoms with Crippen molar-refractivity contribution in [1.82, 2.24) is 20.2 Å². The Morgan fingerprint density at radius 1 is 1.03 bits per heavy atom. The fraction of sp³-hybridized carbons (Fsp3) is 0.333. The minimum absolute atomic E-state index is 0.0940. The van der Waals surface area contributed by atoms with Crippen molar-refractivity contribution in [2.45, 2.75) is 19.9 Å². The number of hydrogen-bond donors (Lipinski definition) is 2. The minimum atomic E-state index is -0.245. The van der Waals surface area contributed by atoms with E-state index in [4.69, 9.17) is 26.3 Å². The second-order valence-corrected chi connectivity index (χ2v) is 9.32. The van der Waals surface area contributed by atoms with E-state index in [1.165, 1.54) is 0 Å². The number of benzene rings is 2. The smallest absolute Gasteiger partial charge is 0.319 e. The van der Waals surface area contributed by atoms with Crippen LogP contribution in [0.2, 0.25) is 5.02 Å². The van der Waals surface area contributed by atoms with E-state index in [-0.39, 0.29) is 11.9 Å². The molecule has 3 aromatic rings. The van der Waals surface area contributed by atoms with E-state index in [1.807, 2.05) is 48.2 Å². The Hall–Kier alpha value is -3.69. The highest BCUT2D eigenvalue weighted by Gasteiger charge is 2.29. The molecule has 0 bridgehead atoms. The van der Waals surface area contributed by atoms with Crippen LogP contribution in [0.25, 0.3) is 11.4 Å². The van der Waals surface area contributed by atoms with Crippen LogP contribution in [0.3, 0.4) is 0 Å². The van der Waals surface area contributed by atoms with Crippen LogP contribution in [0.15, 0.2) is 48.5 Å². The van der Waals surface area contributed by atoms with Crippen molar-refractivity contribution in [3.63, 3.8) is 0 Å². The van der Waals surface area contributed by atoms with Gasteiger partial charge in [0.15, 0.2) is 5.82 Å². The lowest BCUT2D eigenvalue weighted by molar-refractivity contribution is 0.0733. The fourth-order valence-electron chi connectivity index (χ4n) is 4.58. The van der Waals surface area contributed by atoms with Gasteiger partial charge in [0.2, 0.25) is 0 Å². The molecular formula is C27H29ClN6O3. The van der Waals surface area contributed by atoms with Gasteiger partial charge in [-0.1, -0.05) is 23.7 Å². The van der Waals surface area contributed by atoms with Crippen molar-refractivity contribution in [3.05, 3.63) is 70.4 Å². The molecular weight excluding hydrogens is 492 g/mol. The van der Waals surface area contributed by atoms with E-state index in [1.54, 1.807) is 12.1 Å². The molecule has 3 heterocycles. The van der Waals surface area contributed by atoms with Gasteiger partial charge in [0.1, 0.15) is 5.82 Å². The SMILES string of the molecule is CCNC(=O)Nc1ccc(-c2nc3c(c(N4CCOCC4)n2)CN(C(=O)c2ccccc2Cl)CC3)cc1. The number of hydrogen-bond acceptors (Lipinski definition) is 6. The molecule has 0 radical (unpaired) electrons. The lowest BCUT2D eigenvalue weighted by atomic mass is 10.0. The highest BCUT2D eigenvalue weighted by molar-refractivity contribution is 6.33. The monoisotopic (exact) mass is 520 g/mol. The van der Waals surface area contributed by atoms with Crippen LogP contribution in [0.5, 0.6) is 0 Å². The van der Waals surface area contributed by atoms with E-state index in [0.717, 1.165) is 35.7 Å². The maximum atomic E-state index is 13.3. The van der Waals surface area contributed by atoms with Crippen LogP contribution in [0.4, 0.5) is 16.3 Å². The summed E-state index contributed by atoms with van der Waals surface area (Å²) < 4.78 is 5.57. The molecule has 1 fully saturated rings. The van der Waals surface area contributed by atoms with Gasteiger partial charge >= 0.3 is 6.03 Å². The molecule has 192 valence electrons. The van der Waals surface area contributed by atoms with Gasteiger partial charge in [-0.05, 0) is 43.3 Å². The van der Waals surface area contributed by atoms with Gasteiger partial charge in [0.25, 0.3) is 5.91 Å². The number of morpholine rings is 1. The molecule has 2 N–H and O–H groups in total. The number of nitrogens with zero attached hydrogens (tertiary/aromatic N) is 4. The number of aromatic nitrogens is 2. The number of carbonyl (C=O) groups is 2. The normalized spacial score (nSPS) is 15.2. The molecule has 0 aliphatic carbocycles. The molecule has 5 rings (SSSR count). The average Bonchev–Trinajstić information content (AvgIpc) is 2.93. The third-order valence-electron chi connectivity index (χ3n) is 6.48. The van der Waals surface area contributed by atoms with Crippen LogP contribution in [-0.2, 0) is 17.7 Å². The van der Waals surface area contributed by atoms with Gasteiger partial charge in [-0.25, -0.2) is 14.8 Å². The molecule has 37 heavy (non-hydrogen) atoms. The molecule has 2 aliphatic heterocycles. The van der Waals surface area contributed by atoms with Crippen LogP contribution in [-0.4, -0.2) is 66.2 Å². The number of amides is 3. The summed E-state index contributed by atoms with van der Waals surface area (Å²) >= 11 is 6.31. The van der Waals surface area contributed by atoms with Crippen molar-refractivity contribution in [3.8, 4) is 11.4 Å².